The van der Waals surface area contributed by atoms with Crippen LogP contribution in [0, 0.1) is 0 Å². The Bertz CT molecular complexity index is 709. The zero-order valence-electron chi connectivity index (χ0n) is 11.7. The molecule has 0 saturated heterocycles. The summed E-state index contributed by atoms with van der Waals surface area (Å²) < 4.78 is 0. The molecule has 0 fully saturated rings. The number of hydrogen-bond donors (Lipinski definition) is 1. The van der Waals surface area contributed by atoms with E-state index in [4.69, 9.17) is 18.0 Å². The van der Waals surface area contributed by atoms with Gasteiger partial charge in [-0.2, -0.15) is 0 Å². The van der Waals surface area contributed by atoms with E-state index in [9.17, 15) is 4.79 Å². The van der Waals surface area contributed by atoms with Crippen molar-refractivity contribution in [3.05, 3.63) is 65.2 Å². The van der Waals surface area contributed by atoms with Crippen LogP contribution in [-0.2, 0) is 11.2 Å². The fraction of sp³-hybridized carbons (Fsp3) is 0.176. The molecule has 1 aliphatic carbocycles. The van der Waals surface area contributed by atoms with Crippen LogP contribution in [0.1, 0.15) is 22.6 Å². The zero-order chi connectivity index (χ0) is 15.0. The zero-order valence-corrected chi connectivity index (χ0v) is 12.6. The minimum atomic E-state index is -0.0264. The summed E-state index contributed by atoms with van der Waals surface area (Å²) in [5.41, 5.74) is 9.66. The maximum Gasteiger partial charge on any atom is 0.234 e. The Labute approximate surface area is 129 Å². The lowest BCUT2D eigenvalue weighted by molar-refractivity contribution is -0.120. The molecule has 0 aliphatic heterocycles. The quantitative estimate of drug-likeness (QED) is 0.886. The average Bonchev–Trinajstić information content (AvgIpc) is 2.47. The van der Waals surface area contributed by atoms with Crippen molar-refractivity contribution >= 4 is 28.8 Å². The number of carbonyl (C=O) groups excluding carboxylic acids is 1. The monoisotopic (exact) mass is 296 g/mol. The Balaban J connectivity index is 1.78. The van der Waals surface area contributed by atoms with Crippen LogP contribution < -0.4 is 10.6 Å². The largest absolute Gasteiger partial charge is 0.389 e. The van der Waals surface area contributed by atoms with Gasteiger partial charge in [0.05, 0.1) is 5.92 Å². The third kappa shape index (κ3) is 2.43. The Kier molecular flexibility index (Phi) is 3.47. The van der Waals surface area contributed by atoms with Crippen molar-refractivity contribution in [3.63, 3.8) is 0 Å². The highest BCUT2D eigenvalue weighted by Crippen LogP contribution is 2.36. The minimum Gasteiger partial charge on any atom is -0.389 e. The average molecular weight is 296 g/mol. The molecule has 1 amide bonds. The van der Waals surface area contributed by atoms with Crippen molar-refractivity contribution in [2.24, 2.45) is 5.73 Å². The maximum atomic E-state index is 12.6. The fourth-order valence-corrected chi connectivity index (χ4v) is 2.83. The van der Waals surface area contributed by atoms with Crippen molar-refractivity contribution in [2.45, 2.75) is 12.3 Å². The van der Waals surface area contributed by atoms with E-state index in [0.29, 0.717) is 4.99 Å². The van der Waals surface area contributed by atoms with Gasteiger partial charge in [0.15, 0.2) is 0 Å². The van der Waals surface area contributed by atoms with Crippen LogP contribution in [-0.4, -0.2) is 17.9 Å². The Morgan fingerprint density at radius 1 is 1.19 bits per heavy atom. The number of nitrogens with two attached hydrogens (primary N) is 1. The summed E-state index contributed by atoms with van der Waals surface area (Å²) in [6, 6.07) is 15.5. The van der Waals surface area contributed by atoms with Crippen molar-refractivity contribution in [2.75, 3.05) is 11.9 Å². The van der Waals surface area contributed by atoms with Gasteiger partial charge >= 0.3 is 0 Å². The van der Waals surface area contributed by atoms with Crippen LogP contribution in [0.4, 0.5) is 5.69 Å². The van der Waals surface area contributed by atoms with Crippen molar-refractivity contribution in [1.29, 1.82) is 0 Å². The van der Waals surface area contributed by atoms with Crippen molar-refractivity contribution < 1.29 is 4.79 Å². The highest BCUT2D eigenvalue weighted by molar-refractivity contribution is 7.80. The van der Waals surface area contributed by atoms with Crippen LogP contribution in [0.2, 0.25) is 0 Å². The van der Waals surface area contributed by atoms with Crippen LogP contribution in [0.25, 0.3) is 0 Å². The van der Waals surface area contributed by atoms with Gasteiger partial charge in [0.1, 0.15) is 4.99 Å². The first-order valence-corrected chi connectivity index (χ1v) is 7.24. The summed E-state index contributed by atoms with van der Waals surface area (Å²) in [6.45, 7) is 0. The number of amides is 1. The molecule has 0 radical (unpaired) electrons. The van der Waals surface area contributed by atoms with Crippen LogP contribution in [0.15, 0.2) is 48.5 Å². The van der Waals surface area contributed by atoms with Crippen LogP contribution in [0.5, 0.6) is 0 Å². The number of benzene rings is 2. The molecule has 1 atom stereocenters. The lowest BCUT2D eigenvalue weighted by atomic mass is 9.77. The number of anilines is 1. The molecule has 2 aromatic rings. The summed E-state index contributed by atoms with van der Waals surface area (Å²) in [4.78, 5) is 14.6. The molecule has 3 nitrogen and oxygen atoms in total. The molecule has 1 unspecified atom stereocenters. The molecule has 0 bridgehead atoms. The minimum absolute atomic E-state index is 0.0264. The highest BCUT2D eigenvalue weighted by atomic mass is 32.1. The third-order valence-electron chi connectivity index (χ3n) is 4.02. The van der Waals surface area contributed by atoms with Gasteiger partial charge in [0, 0.05) is 18.3 Å². The molecule has 0 saturated carbocycles. The summed E-state index contributed by atoms with van der Waals surface area (Å²) in [6.07, 6.45) is 0.824. The molecule has 106 valence electrons. The molecule has 0 spiro atoms. The third-order valence-corrected chi connectivity index (χ3v) is 4.26. The Hall–Kier alpha value is -2.20. The van der Waals surface area contributed by atoms with E-state index >= 15 is 0 Å². The second-order valence-electron chi connectivity index (χ2n) is 5.26. The molecule has 2 aromatic carbocycles. The Morgan fingerprint density at radius 2 is 1.86 bits per heavy atom. The number of likely N-dealkylation sites (N-methyl/N-ethyl adjacent to an activating group) is 1. The predicted molar refractivity (Wildman–Crippen MR) is 88.6 cm³/mol. The van der Waals surface area contributed by atoms with Gasteiger partial charge < -0.3 is 10.6 Å². The standard InChI is InChI=1S/C17H16N2OS/c1-19(13-8-6-11(7-9-13)16(18)21)17(20)15-10-12-4-2-3-5-14(12)15/h2-9,15H,10H2,1H3,(H2,18,21). The molecule has 0 aromatic heterocycles. The normalized spacial score (nSPS) is 15.8. The molecular weight excluding hydrogens is 280 g/mol. The molecule has 4 heteroatoms. The molecule has 2 N–H and O–H groups in total. The lowest BCUT2D eigenvalue weighted by Crippen LogP contribution is -2.37. The van der Waals surface area contributed by atoms with Crippen molar-refractivity contribution in [1.82, 2.24) is 0 Å². The van der Waals surface area contributed by atoms with E-state index in [-0.39, 0.29) is 11.8 Å². The van der Waals surface area contributed by atoms with E-state index in [1.165, 1.54) is 5.56 Å². The summed E-state index contributed by atoms with van der Waals surface area (Å²) in [5.74, 6) is 0.0956. The highest BCUT2D eigenvalue weighted by Gasteiger charge is 2.33. The number of carbonyl (C=O) groups is 1. The molecular formula is C17H16N2OS. The second kappa shape index (κ2) is 5.30. The second-order valence-corrected chi connectivity index (χ2v) is 5.70. The van der Waals surface area contributed by atoms with Crippen molar-refractivity contribution in [3.8, 4) is 0 Å². The molecule has 3 rings (SSSR count). The number of thiocarbonyl (C=S) groups is 1. The first kappa shape index (κ1) is 13.8. The summed E-state index contributed by atoms with van der Waals surface area (Å²) in [5, 5.41) is 0. The van der Waals surface area contributed by atoms with Crippen LogP contribution >= 0.6 is 12.2 Å². The number of nitrogens with zero attached hydrogens (tertiary/aromatic N) is 1. The van der Waals surface area contributed by atoms with E-state index in [1.807, 2.05) is 42.5 Å². The topological polar surface area (TPSA) is 46.3 Å². The number of hydrogen-bond acceptors (Lipinski definition) is 2. The molecule has 21 heavy (non-hydrogen) atoms. The summed E-state index contributed by atoms with van der Waals surface area (Å²) >= 11 is 4.93. The van der Waals surface area contributed by atoms with Gasteiger partial charge in [-0.15, -0.1) is 0 Å². The van der Waals surface area contributed by atoms with Crippen LogP contribution in [0.3, 0.4) is 0 Å². The van der Waals surface area contributed by atoms with Gasteiger partial charge in [0.2, 0.25) is 5.91 Å². The number of rotatable bonds is 3. The van der Waals surface area contributed by atoms with E-state index in [2.05, 4.69) is 6.07 Å². The summed E-state index contributed by atoms with van der Waals surface area (Å²) in [7, 11) is 1.80. The van der Waals surface area contributed by atoms with E-state index in [0.717, 1.165) is 23.2 Å². The SMILES string of the molecule is CN(C(=O)C1Cc2ccccc21)c1ccc(C(N)=S)cc1. The Morgan fingerprint density at radius 3 is 2.48 bits per heavy atom. The van der Waals surface area contributed by atoms with Gasteiger partial charge in [-0.25, -0.2) is 0 Å². The first-order chi connectivity index (χ1) is 10.1. The fourth-order valence-electron chi connectivity index (χ4n) is 2.69. The van der Waals surface area contributed by atoms with Gasteiger partial charge in [-0.1, -0.05) is 36.5 Å². The van der Waals surface area contributed by atoms with Gasteiger partial charge in [0.25, 0.3) is 0 Å². The maximum absolute atomic E-state index is 12.6. The van der Waals surface area contributed by atoms with E-state index < -0.39 is 0 Å². The number of fused-ring (bicyclic) bond motifs is 1. The predicted octanol–water partition coefficient (Wildman–Crippen LogP) is 2.62. The van der Waals surface area contributed by atoms with Gasteiger partial charge in [-0.05, 0) is 41.8 Å². The van der Waals surface area contributed by atoms with Gasteiger partial charge in [-0.3, -0.25) is 4.79 Å². The lowest BCUT2D eigenvalue weighted by Gasteiger charge is -2.32. The first-order valence-electron chi connectivity index (χ1n) is 6.83. The van der Waals surface area contributed by atoms with E-state index in [1.54, 1.807) is 11.9 Å². The molecule has 0 heterocycles. The molecule has 1 aliphatic rings. The smallest absolute Gasteiger partial charge is 0.234 e.